The van der Waals surface area contributed by atoms with Crippen LogP contribution in [0.5, 0.6) is 0 Å². The molecule has 6 heteroatoms. The highest BCUT2D eigenvalue weighted by Crippen LogP contribution is 2.23. The van der Waals surface area contributed by atoms with E-state index in [1.54, 1.807) is 12.3 Å². The fourth-order valence-corrected chi connectivity index (χ4v) is 1.25. The van der Waals surface area contributed by atoms with Crippen LogP contribution in [0, 0.1) is 0 Å². The van der Waals surface area contributed by atoms with Crippen LogP contribution in [-0.4, -0.2) is 21.9 Å². The normalized spacial score (nSPS) is 15.1. The van der Waals surface area contributed by atoms with E-state index in [1.165, 1.54) is 0 Å². The molecule has 0 spiro atoms. The molecule has 0 saturated heterocycles. The molecule has 0 aliphatic carbocycles. The quantitative estimate of drug-likeness (QED) is 0.565. The van der Waals surface area contributed by atoms with Crippen LogP contribution < -0.4 is 11.5 Å². The zero-order chi connectivity index (χ0) is 10.1. The highest BCUT2D eigenvalue weighted by molar-refractivity contribution is 6.04. The van der Waals surface area contributed by atoms with Gasteiger partial charge in [-0.1, -0.05) is 0 Å². The minimum absolute atomic E-state index is 0.270. The summed E-state index contributed by atoms with van der Waals surface area (Å²) in [7, 11) is 0. The Hall–Kier alpha value is -2.11. The van der Waals surface area contributed by atoms with Crippen LogP contribution in [-0.2, 0) is 4.79 Å². The van der Waals surface area contributed by atoms with Gasteiger partial charge in [0.25, 0.3) is 0 Å². The molecule has 72 valence electrons. The Morgan fingerprint density at radius 2 is 2.36 bits per heavy atom. The van der Waals surface area contributed by atoms with E-state index in [4.69, 9.17) is 11.5 Å². The largest absolute Gasteiger partial charge is 0.387 e. The summed E-state index contributed by atoms with van der Waals surface area (Å²) in [6.07, 6.45) is 3.48. The summed E-state index contributed by atoms with van der Waals surface area (Å²) in [5, 5.41) is 6.55. The van der Waals surface area contributed by atoms with Crippen molar-refractivity contribution in [2.45, 2.75) is 6.42 Å². The first-order chi connectivity index (χ1) is 6.66. The average molecular weight is 191 g/mol. The van der Waals surface area contributed by atoms with Crippen molar-refractivity contribution in [3.05, 3.63) is 17.5 Å². The van der Waals surface area contributed by atoms with Gasteiger partial charge in [-0.2, -0.15) is 5.10 Å². The number of rotatable bonds is 1. The van der Waals surface area contributed by atoms with Crippen LogP contribution in [0.2, 0.25) is 0 Å². The van der Waals surface area contributed by atoms with Crippen LogP contribution in [0.1, 0.15) is 12.1 Å². The highest BCUT2D eigenvalue weighted by atomic mass is 16.1. The standard InChI is InChI=1S/C8H9N5O/c9-7-2-4(8(10)14)1-5-6(12-7)3-11-13-5/h1,3H,2H2,(H2,9,12)(H2,10,14)(H,11,13). The van der Waals surface area contributed by atoms with Gasteiger partial charge in [-0.05, 0) is 6.08 Å². The molecule has 0 bridgehead atoms. The summed E-state index contributed by atoms with van der Waals surface area (Å²) in [6, 6.07) is 0. The van der Waals surface area contributed by atoms with Gasteiger partial charge in [-0.15, -0.1) is 0 Å². The molecule has 2 rings (SSSR count). The van der Waals surface area contributed by atoms with E-state index >= 15 is 0 Å². The van der Waals surface area contributed by atoms with E-state index < -0.39 is 5.91 Å². The number of amidine groups is 1. The number of fused-ring (bicyclic) bond motifs is 1. The maximum Gasteiger partial charge on any atom is 0.245 e. The van der Waals surface area contributed by atoms with Crippen molar-refractivity contribution in [3.8, 4) is 0 Å². The molecule has 1 amide bonds. The third kappa shape index (κ3) is 1.37. The molecular weight excluding hydrogens is 182 g/mol. The number of carbonyl (C=O) groups is 1. The van der Waals surface area contributed by atoms with Crippen molar-refractivity contribution < 1.29 is 4.79 Å². The minimum Gasteiger partial charge on any atom is -0.387 e. The number of H-pyrrole nitrogens is 1. The maximum atomic E-state index is 11.0. The fourth-order valence-electron chi connectivity index (χ4n) is 1.25. The molecule has 0 aromatic carbocycles. The van der Waals surface area contributed by atoms with Gasteiger partial charge in [0.05, 0.1) is 0 Å². The number of nitrogens with two attached hydrogens (primary N) is 2. The Morgan fingerprint density at radius 1 is 1.57 bits per heavy atom. The van der Waals surface area contributed by atoms with E-state index in [1.807, 2.05) is 0 Å². The molecule has 1 aliphatic heterocycles. The van der Waals surface area contributed by atoms with Gasteiger partial charge in [-0.3, -0.25) is 9.89 Å². The highest BCUT2D eigenvalue weighted by Gasteiger charge is 2.14. The number of carbonyl (C=O) groups excluding carboxylic acids is 1. The van der Waals surface area contributed by atoms with Crippen LogP contribution >= 0.6 is 0 Å². The summed E-state index contributed by atoms with van der Waals surface area (Å²) >= 11 is 0. The van der Waals surface area contributed by atoms with Gasteiger partial charge in [-0.25, -0.2) is 4.99 Å². The molecule has 0 unspecified atom stereocenters. The molecule has 1 aromatic rings. The molecular formula is C8H9N5O. The van der Waals surface area contributed by atoms with E-state index in [0.717, 1.165) is 0 Å². The molecule has 0 fully saturated rings. The number of hydrogen-bond donors (Lipinski definition) is 3. The number of nitrogens with one attached hydrogen (secondary N) is 1. The van der Waals surface area contributed by atoms with Crippen LogP contribution in [0.3, 0.4) is 0 Å². The summed E-state index contributed by atoms with van der Waals surface area (Å²) in [4.78, 5) is 15.1. The van der Waals surface area contributed by atoms with E-state index in [0.29, 0.717) is 22.8 Å². The van der Waals surface area contributed by atoms with Crippen molar-refractivity contribution in [2.24, 2.45) is 16.5 Å². The number of nitrogens with zero attached hydrogens (tertiary/aromatic N) is 2. The zero-order valence-electron chi connectivity index (χ0n) is 7.32. The second-order valence-corrected chi connectivity index (χ2v) is 2.97. The maximum absolute atomic E-state index is 11.0. The number of aromatic nitrogens is 2. The Morgan fingerprint density at radius 3 is 3.07 bits per heavy atom. The van der Waals surface area contributed by atoms with Gasteiger partial charge in [0.2, 0.25) is 5.91 Å². The first-order valence-electron chi connectivity index (χ1n) is 4.04. The summed E-state index contributed by atoms with van der Waals surface area (Å²) in [5.41, 5.74) is 12.4. The molecule has 6 nitrogen and oxygen atoms in total. The molecule has 2 heterocycles. The predicted molar refractivity (Wildman–Crippen MR) is 51.7 cm³/mol. The van der Waals surface area contributed by atoms with E-state index in [-0.39, 0.29) is 6.42 Å². The van der Waals surface area contributed by atoms with Crippen molar-refractivity contribution in [3.63, 3.8) is 0 Å². The number of amides is 1. The zero-order valence-corrected chi connectivity index (χ0v) is 7.32. The summed E-state index contributed by atoms with van der Waals surface area (Å²) in [6.45, 7) is 0. The topological polar surface area (TPSA) is 110 Å². The second kappa shape index (κ2) is 2.99. The van der Waals surface area contributed by atoms with Gasteiger partial charge in [0.1, 0.15) is 17.2 Å². The van der Waals surface area contributed by atoms with Crippen molar-refractivity contribution >= 4 is 23.5 Å². The van der Waals surface area contributed by atoms with Crippen molar-refractivity contribution in [1.29, 1.82) is 0 Å². The smallest absolute Gasteiger partial charge is 0.245 e. The third-order valence-electron chi connectivity index (χ3n) is 1.91. The lowest BCUT2D eigenvalue weighted by atomic mass is 10.1. The first kappa shape index (κ1) is 8.49. The van der Waals surface area contributed by atoms with E-state index in [9.17, 15) is 4.79 Å². The lowest BCUT2D eigenvalue weighted by Crippen LogP contribution is -2.19. The Bertz CT molecular complexity index is 442. The average Bonchev–Trinajstić information content (AvgIpc) is 2.45. The van der Waals surface area contributed by atoms with Crippen molar-refractivity contribution in [1.82, 2.24) is 10.2 Å². The lowest BCUT2D eigenvalue weighted by molar-refractivity contribution is -0.114. The van der Waals surface area contributed by atoms with Gasteiger partial charge >= 0.3 is 0 Å². The SMILES string of the molecule is NC(=O)C1=Cc2n[nH]cc2N=C(N)C1. The van der Waals surface area contributed by atoms with Crippen LogP contribution in [0.25, 0.3) is 6.08 Å². The summed E-state index contributed by atoms with van der Waals surface area (Å²) < 4.78 is 0. The number of aliphatic imine (C=N–C) groups is 1. The molecule has 0 atom stereocenters. The first-order valence-corrected chi connectivity index (χ1v) is 4.04. The second-order valence-electron chi connectivity index (χ2n) is 2.97. The molecule has 1 aromatic heterocycles. The van der Waals surface area contributed by atoms with Crippen molar-refractivity contribution in [2.75, 3.05) is 0 Å². The van der Waals surface area contributed by atoms with Crippen LogP contribution in [0.15, 0.2) is 16.8 Å². The van der Waals surface area contributed by atoms with Gasteiger partial charge < -0.3 is 11.5 Å². The third-order valence-corrected chi connectivity index (χ3v) is 1.91. The number of primary amides is 1. The number of aromatic amines is 1. The monoisotopic (exact) mass is 191 g/mol. The van der Waals surface area contributed by atoms with E-state index in [2.05, 4.69) is 15.2 Å². The van der Waals surface area contributed by atoms with Gasteiger partial charge in [0.15, 0.2) is 0 Å². The Labute approximate surface area is 79.7 Å². The Kier molecular flexibility index (Phi) is 1.81. The fraction of sp³-hybridized carbons (Fsp3) is 0.125. The Balaban J connectivity index is 2.53. The summed E-state index contributed by atoms with van der Waals surface area (Å²) in [5.74, 6) is -0.144. The molecule has 14 heavy (non-hydrogen) atoms. The predicted octanol–water partition coefficient (Wildman–Crippen LogP) is -0.329. The van der Waals surface area contributed by atoms with Gasteiger partial charge in [0, 0.05) is 18.2 Å². The molecule has 5 N–H and O–H groups in total. The minimum atomic E-state index is -0.501. The van der Waals surface area contributed by atoms with Crippen LogP contribution in [0.4, 0.5) is 5.69 Å². The molecule has 0 radical (unpaired) electrons. The molecule has 1 aliphatic rings. The molecule has 0 saturated carbocycles. The number of hydrogen-bond acceptors (Lipinski definition) is 4. The lowest BCUT2D eigenvalue weighted by Gasteiger charge is -1.98.